The second-order valence-electron chi connectivity index (χ2n) is 6.52. The van der Waals surface area contributed by atoms with Crippen LogP contribution in [0.3, 0.4) is 0 Å². The maximum Gasteiger partial charge on any atom is 0.216 e. The Hall–Kier alpha value is -2.90. The fraction of sp³-hybridized carbons (Fsp3) is 0.190. The highest BCUT2D eigenvalue weighted by Crippen LogP contribution is 2.26. The maximum atomic E-state index is 12.8. The van der Waals surface area contributed by atoms with Crippen molar-refractivity contribution in [2.24, 2.45) is 12.2 Å². The van der Waals surface area contributed by atoms with Gasteiger partial charge in [-0.15, -0.1) is 0 Å². The quantitative estimate of drug-likeness (QED) is 0.620. The number of ketones is 1. The van der Waals surface area contributed by atoms with Crippen molar-refractivity contribution in [2.45, 2.75) is 11.7 Å². The summed E-state index contributed by atoms with van der Waals surface area (Å²) in [4.78, 5) is 12.8. The van der Waals surface area contributed by atoms with Crippen LogP contribution < -0.4 is 9.88 Å². The molecule has 0 saturated heterocycles. The lowest BCUT2D eigenvalue weighted by Crippen LogP contribution is -2.24. The van der Waals surface area contributed by atoms with E-state index < -0.39 is 15.3 Å². The number of primary sulfonamides is 1. The number of hydrogen-bond donors (Lipinski definition) is 1. The second kappa shape index (κ2) is 8.00. The van der Waals surface area contributed by atoms with Gasteiger partial charge in [-0.2, -0.15) is 0 Å². The molecular formula is C21H22N2O4S. The van der Waals surface area contributed by atoms with Crippen molar-refractivity contribution in [3.63, 3.8) is 0 Å². The van der Waals surface area contributed by atoms with Gasteiger partial charge in [0.2, 0.25) is 15.8 Å². The minimum Gasteiger partial charge on any atom is -0.497 e. The summed E-state index contributed by atoms with van der Waals surface area (Å²) < 4.78 is 31.2. The molecule has 1 unspecified atom stereocenters. The highest BCUT2D eigenvalue weighted by Gasteiger charge is 2.26. The number of aromatic nitrogens is 1. The van der Waals surface area contributed by atoms with Crippen LogP contribution in [0, 0.1) is 0 Å². The van der Waals surface area contributed by atoms with Crippen LogP contribution in [0.5, 0.6) is 5.75 Å². The summed E-state index contributed by atoms with van der Waals surface area (Å²) in [6.45, 7) is 0. The van der Waals surface area contributed by atoms with Crippen molar-refractivity contribution in [1.82, 2.24) is 4.57 Å². The lowest BCUT2D eigenvalue weighted by molar-refractivity contribution is 0.103. The number of nitrogens with two attached hydrogens (primary N) is 1. The molecule has 1 aromatic heterocycles. The molecule has 3 rings (SSSR count). The molecule has 1 heterocycles. The van der Waals surface area contributed by atoms with Gasteiger partial charge in [-0.1, -0.05) is 30.3 Å². The van der Waals surface area contributed by atoms with Gasteiger partial charge in [-0.3, -0.25) is 4.79 Å². The Morgan fingerprint density at radius 1 is 1.04 bits per heavy atom. The number of benzene rings is 2. The Morgan fingerprint density at radius 3 is 2.25 bits per heavy atom. The molecule has 0 radical (unpaired) electrons. The van der Waals surface area contributed by atoms with E-state index in [-0.39, 0.29) is 12.2 Å². The van der Waals surface area contributed by atoms with E-state index in [0.29, 0.717) is 28.3 Å². The van der Waals surface area contributed by atoms with Gasteiger partial charge < -0.3 is 9.30 Å². The van der Waals surface area contributed by atoms with E-state index in [2.05, 4.69) is 0 Å². The predicted molar refractivity (Wildman–Crippen MR) is 108 cm³/mol. The zero-order valence-corrected chi connectivity index (χ0v) is 16.5. The highest BCUT2D eigenvalue weighted by molar-refractivity contribution is 7.89. The van der Waals surface area contributed by atoms with E-state index in [1.165, 1.54) is 0 Å². The summed E-state index contributed by atoms with van der Waals surface area (Å²) in [5.41, 5.74) is 2.33. The number of sulfonamides is 1. The van der Waals surface area contributed by atoms with Crippen molar-refractivity contribution in [3.05, 3.63) is 89.2 Å². The molecule has 0 aliphatic rings. The number of carbonyl (C=O) groups excluding carboxylic acids is 1. The van der Waals surface area contributed by atoms with Crippen LogP contribution in [-0.2, 0) is 23.5 Å². The largest absolute Gasteiger partial charge is 0.497 e. The fourth-order valence-electron chi connectivity index (χ4n) is 3.16. The van der Waals surface area contributed by atoms with E-state index >= 15 is 0 Å². The molecule has 1 atom stereocenters. The van der Waals surface area contributed by atoms with Gasteiger partial charge in [-0.05, 0) is 42.0 Å². The number of methoxy groups -OCH3 is 1. The van der Waals surface area contributed by atoms with Gasteiger partial charge in [-0.25, -0.2) is 13.6 Å². The van der Waals surface area contributed by atoms with Crippen LogP contribution in [0.1, 0.15) is 32.6 Å². The molecule has 0 amide bonds. The van der Waals surface area contributed by atoms with E-state index in [9.17, 15) is 13.2 Å². The Kier molecular flexibility index (Phi) is 5.67. The Balaban J connectivity index is 1.90. The van der Waals surface area contributed by atoms with Crippen LogP contribution >= 0.6 is 0 Å². The molecule has 146 valence electrons. The molecule has 2 N–H and O–H groups in total. The van der Waals surface area contributed by atoms with E-state index in [1.807, 2.05) is 6.07 Å². The zero-order chi connectivity index (χ0) is 20.3. The Bertz CT molecular complexity index is 1070. The van der Waals surface area contributed by atoms with Gasteiger partial charge in [0.25, 0.3) is 0 Å². The van der Waals surface area contributed by atoms with Crippen LogP contribution in [0.25, 0.3) is 0 Å². The molecule has 7 heteroatoms. The molecule has 3 aromatic rings. The number of rotatable bonds is 7. The second-order valence-corrected chi connectivity index (χ2v) is 8.27. The molecule has 2 aromatic carbocycles. The van der Waals surface area contributed by atoms with Gasteiger partial charge in [0.15, 0.2) is 0 Å². The van der Waals surface area contributed by atoms with E-state index in [1.54, 1.807) is 79.4 Å². The van der Waals surface area contributed by atoms with E-state index in [4.69, 9.17) is 9.88 Å². The number of nitrogens with zero attached hydrogens (tertiary/aromatic N) is 1. The molecule has 6 nitrogen and oxygen atoms in total. The van der Waals surface area contributed by atoms with Crippen molar-refractivity contribution in [2.75, 3.05) is 7.11 Å². The molecule has 0 bridgehead atoms. The standard InChI is InChI=1S/C21H22N2O4S/c1-23-17(14-20(28(22,25)26)15-6-4-3-5-7-15)10-13-19(23)21(24)16-8-11-18(27-2)12-9-16/h3-13,20H,14H2,1-2H3,(H2,22,25,26). The summed E-state index contributed by atoms with van der Waals surface area (Å²) >= 11 is 0. The first-order valence-electron chi connectivity index (χ1n) is 8.71. The first-order chi connectivity index (χ1) is 13.3. The molecule has 0 spiro atoms. The molecule has 0 aliphatic heterocycles. The summed E-state index contributed by atoms with van der Waals surface area (Å²) in [6, 6.07) is 19.2. The van der Waals surface area contributed by atoms with Gasteiger partial charge in [0.1, 0.15) is 11.0 Å². The van der Waals surface area contributed by atoms with Crippen molar-refractivity contribution in [3.8, 4) is 5.75 Å². The number of hydrogen-bond acceptors (Lipinski definition) is 4. The number of carbonyl (C=O) groups is 1. The predicted octanol–water partition coefficient (Wildman–Crippen LogP) is 2.84. The minimum absolute atomic E-state index is 0.150. The lowest BCUT2D eigenvalue weighted by atomic mass is 10.1. The Morgan fingerprint density at radius 2 is 1.68 bits per heavy atom. The van der Waals surface area contributed by atoms with Crippen LogP contribution in [0.4, 0.5) is 0 Å². The molecule has 28 heavy (non-hydrogen) atoms. The lowest BCUT2D eigenvalue weighted by Gasteiger charge is -2.16. The van der Waals surface area contributed by atoms with Crippen LogP contribution in [0.15, 0.2) is 66.7 Å². The van der Waals surface area contributed by atoms with Crippen molar-refractivity contribution in [1.29, 1.82) is 0 Å². The molecule has 0 saturated carbocycles. The topological polar surface area (TPSA) is 91.4 Å². The fourth-order valence-corrected chi connectivity index (χ4v) is 4.10. The van der Waals surface area contributed by atoms with Gasteiger partial charge >= 0.3 is 0 Å². The van der Waals surface area contributed by atoms with Gasteiger partial charge in [0.05, 0.1) is 12.8 Å². The SMILES string of the molecule is COc1ccc(C(=O)c2ccc(CC(c3ccccc3)S(N)(=O)=O)n2C)cc1. The summed E-state index contributed by atoms with van der Waals surface area (Å²) in [5.74, 6) is 0.520. The minimum atomic E-state index is -3.82. The molecule has 0 aliphatic carbocycles. The summed E-state index contributed by atoms with van der Waals surface area (Å²) in [5, 5.41) is 4.60. The summed E-state index contributed by atoms with van der Waals surface area (Å²) in [7, 11) is -0.504. The normalized spacial score (nSPS) is 12.5. The average molecular weight is 398 g/mol. The van der Waals surface area contributed by atoms with Crippen molar-refractivity contribution < 1.29 is 17.9 Å². The zero-order valence-electron chi connectivity index (χ0n) is 15.7. The number of ether oxygens (including phenoxy) is 1. The molecular weight excluding hydrogens is 376 g/mol. The monoisotopic (exact) mass is 398 g/mol. The first kappa shape index (κ1) is 19.9. The smallest absolute Gasteiger partial charge is 0.216 e. The highest BCUT2D eigenvalue weighted by atomic mass is 32.2. The van der Waals surface area contributed by atoms with Crippen molar-refractivity contribution >= 4 is 15.8 Å². The third kappa shape index (κ3) is 4.16. The van der Waals surface area contributed by atoms with Gasteiger partial charge in [0, 0.05) is 24.7 Å². The third-order valence-electron chi connectivity index (χ3n) is 4.77. The summed E-state index contributed by atoms with van der Waals surface area (Å²) in [6.07, 6.45) is 0.176. The van der Waals surface area contributed by atoms with E-state index in [0.717, 1.165) is 0 Å². The van der Waals surface area contributed by atoms with Crippen LogP contribution in [-0.4, -0.2) is 25.9 Å². The Labute approximate surface area is 164 Å². The van der Waals surface area contributed by atoms with Crippen LogP contribution in [0.2, 0.25) is 0 Å². The molecule has 0 fully saturated rings. The third-order valence-corrected chi connectivity index (χ3v) is 6.01. The average Bonchev–Trinajstić information content (AvgIpc) is 3.05. The first-order valence-corrected chi connectivity index (χ1v) is 10.3. The maximum absolute atomic E-state index is 12.8.